The summed E-state index contributed by atoms with van der Waals surface area (Å²) in [6, 6.07) is -0.250. The fourth-order valence-electron chi connectivity index (χ4n) is 1.85. The zero-order valence-electron chi connectivity index (χ0n) is 9.72. The molecule has 0 bridgehead atoms. The molecule has 0 spiro atoms. The molecule has 1 aliphatic heterocycles. The summed E-state index contributed by atoms with van der Waals surface area (Å²) in [6.07, 6.45) is 0.212. The number of rotatable bonds is 3. The van der Waals surface area contributed by atoms with Gasteiger partial charge in [0.15, 0.2) is 9.84 Å². The summed E-state index contributed by atoms with van der Waals surface area (Å²) in [5.74, 6) is 0.0360. The second-order valence-electron chi connectivity index (χ2n) is 4.44. The molecule has 2 unspecified atom stereocenters. The van der Waals surface area contributed by atoms with Crippen LogP contribution in [-0.2, 0) is 14.6 Å². The number of nitrogens with zero attached hydrogens (tertiary/aromatic N) is 1. The van der Waals surface area contributed by atoms with Gasteiger partial charge < -0.3 is 10.0 Å². The molecule has 2 atom stereocenters. The van der Waals surface area contributed by atoms with Crippen LogP contribution in [0.4, 0.5) is 0 Å². The zero-order chi connectivity index (χ0) is 12.3. The molecule has 94 valence electrons. The molecule has 0 saturated carbocycles. The zero-order valence-corrected chi connectivity index (χ0v) is 10.5. The van der Waals surface area contributed by atoms with E-state index in [0.29, 0.717) is 6.42 Å². The third-order valence-corrected chi connectivity index (χ3v) is 4.56. The standard InChI is InChI=1S/C10H19NO4S/c1-8-7-16(14,15)6-5-11(8)10(13)4-3-9(2)12/h8-9,12H,3-7H2,1-2H3. The molecule has 0 aliphatic carbocycles. The van der Waals surface area contributed by atoms with E-state index in [1.165, 1.54) is 0 Å². The van der Waals surface area contributed by atoms with Gasteiger partial charge in [0.05, 0.1) is 17.6 Å². The van der Waals surface area contributed by atoms with Crippen LogP contribution >= 0.6 is 0 Å². The van der Waals surface area contributed by atoms with Crippen molar-refractivity contribution in [1.29, 1.82) is 0 Å². The molecule has 1 amide bonds. The smallest absolute Gasteiger partial charge is 0.222 e. The number of hydrogen-bond acceptors (Lipinski definition) is 4. The first-order chi connectivity index (χ1) is 7.32. The van der Waals surface area contributed by atoms with Crippen molar-refractivity contribution in [2.75, 3.05) is 18.1 Å². The number of carbonyl (C=O) groups excluding carboxylic acids is 1. The Morgan fingerprint density at radius 1 is 1.56 bits per heavy atom. The minimum absolute atomic E-state index is 0.0490. The molecule has 16 heavy (non-hydrogen) atoms. The second-order valence-corrected chi connectivity index (χ2v) is 6.67. The Kier molecular flexibility index (Phi) is 4.32. The Morgan fingerprint density at radius 3 is 2.69 bits per heavy atom. The van der Waals surface area contributed by atoms with Crippen molar-refractivity contribution in [3.63, 3.8) is 0 Å². The van der Waals surface area contributed by atoms with Crippen molar-refractivity contribution < 1.29 is 18.3 Å². The van der Waals surface area contributed by atoms with Crippen LogP contribution in [0.3, 0.4) is 0 Å². The fraction of sp³-hybridized carbons (Fsp3) is 0.900. The van der Waals surface area contributed by atoms with Gasteiger partial charge in [-0.2, -0.15) is 0 Å². The lowest BCUT2D eigenvalue weighted by Gasteiger charge is -2.33. The van der Waals surface area contributed by atoms with Crippen LogP contribution in [0.1, 0.15) is 26.7 Å². The van der Waals surface area contributed by atoms with E-state index in [0.717, 1.165) is 0 Å². The largest absolute Gasteiger partial charge is 0.393 e. The van der Waals surface area contributed by atoms with Crippen molar-refractivity contribution in [3.8, 4) is 0 Å². The van der Waals surface area contributed by atoms with E-state index in [-0.39, 0.29) is 36.4 Å². The number of aliphatic hydroxyl groups excluding tert-OH is 1. The van der Waals surface area contributed by atoms with Crippen LogP contribution in [0, 0.1) is 0 Å². The summed E-state index contributed by atoms with van der Waals surface area (Å²) >= 11 is 0. The Morgan fingerprint density at radius 2 is 2.19 bits per heavy atom. The Balaban J connectivity index is 2.52. The maximum atomic E-state index is 11.7. The van der Waals surface area contributed by atoms with Gasteiger partial charge in [0.2, 0.25) is 5.91 Å². The Labute approximate surface area is 96.4 Å². The van der Waals surface area contributed by atoms with E-state index < -0.39 is 15.9 Å². The molecule has 1 N–H and O–H groups in total. The number of carbonyl (C=O) groups is 1. The predicted molar refractivity (Wildman–Crippen MR) is 60.7 cm³/mol. The maximum Gasteiger partial charge on any atom is 0.222 e. The highest BCUT2D eigenvalue weighted by Gasteiger charge is 2.30. The number of sulfone groups is 1. The molecule has 0 aromatic carbocycles. The van der Waals surface area contributed by atoms with E-state index in [2.05, 4.69) is 0 Å². The van der Waals surface area contributed by atoms with Gasteiger partial charge in [-0.15, -0.1) is 0 Å². The molecule has 5 nitrogen and oxygen atoms in total. The van der Waals surface area contributed by atoms with E-state index in [1.807, 2.05) is 0 Å². The monoisotopic (exact) mass is 249 g/mol. The summed E-state index contributed by atoms with van der Waals surface area (Å²) in [5.41, 5.74) is 0. The fourth-order valence-corrected chi connectivity index (χ4v) is 3.40. The lowest BCUT2D eigenvalue weighted by molar-refractivity contribution is -0.133. The maximum absolute atomic E-state index is 11.7. The van der Waals surface area contributed by atoms with Crippen LogP contribution in [-0.4, -0.2) is 54.5 Å². The first-order valence-corrected chi connectivity index (χ1v) is 7.32. The quantitative estimate of drug-likeness (QED) is 0.751. The minimum atomic E-state index is -2.97. The van der Waals surface area contributed by atoms with Crippen molar-refractivity contribution in [2.24, 2.45) is 0 Å². The molecule has 1 aliphatic rings. The van der Waals surface area contributed by atoms with E-state index in [1.54, 1.807) is 18.7 Å². The predicted octanol–water partition coefficient (Wildman–Crippen LogP) is -0.207. The van der Waals surface area contributed by atoms with E-state index in [9.17, 15) is 13.2 Å². The van der Waals surface area contributed by atoms with Gasteiger partial charge in [-0.3, -0.25) is 4.79 Å². The molecular weight excluding hydrogens is 230 g/mol. The van der Waals surface area contributed by atoms with Crippen molar-refractivity contribution in [3.05, 3.63) is 0 Å². The number of hydrogen-bond donors (Lipinski definition) is 1. The molecule has 1 rings (SSSR count). The van der Waals surface area contributed by atoms with Crippen LogP contribution in [0.25, 0.3) is 0 Å². The summed E-state index contributed by atoms with van der Waals surface area (Å²) in [7, 11) is -2.97. The lowest BCUT2D eigenvalue weighted by atomic mass is 10.2. The third kappa shape index (κ3) is 3.75. The van der Waals surface area contributed by atoms with Crippen molar-refractivity contribution in [2.45, 2.75) is 38.8 Å². The molecule has 0 aromatic rings. The van der Waals surface area contributed by atoms with Gasteiger partial charge in [0.1, 0.15) is 0 Å². The van der Waals surface area contributed by atoms with Gasteiger partial charge in [0.25, 0.3) is 0 Å². The second kappa shape index (κ2) is 5.14. The summed E-state index contributed by atoms with van der Waals surface area (Å²) in [6.45, 7) is 3.66. The van der Waals surface area contributed by atoms with Gasteiger partial charge in [-0.25, -0.2) is 8.42 Å². The van der Waals surface area contributed by atoms with Gasteiger partial charge >= 0.3 is 0 Å². The van der Waals surface area contributed by atoms with Crippen LogP contribution < -0.4 is 0 Å². The van der Waals surface area contributed by atoms with E-state index >= 15 is 0 Å². The van der Waals surface area contributed by atoms with E-state index in [4.69, 9.17) is 5.11 Å². The highest BCUT2D eigenvalue weighted by molar-refractivity contribution is 7.91. The molecule has 1 saturated heterocycles. The average Bonchev–Trinajstić information content (AvgIpc) is 2.12. The van der Waals surface area contributed by atoms with Gasteiger partial charge in [-0.05, 0) is 20.3 Å². The normalized spacial score (nSPS) is 26.4. The van der Waals surface area contributed by atoms with Gasteiger partial charge in [-0.1, -0.05) is 0 Å². The molecule has 0 aromatic heterocycles. The number of aliphatic hydroxyl groups is 1. The number of amides is 1. The topological polar surface area (TPSA) is 74.7 Å². The summed E-state index contributed by atoms with van der Waals surface area (Å²) in [5, 5.41) is 9.08. The average molecular weight is 249 g/mol. The lowest BCUT2D eigenvalue weighted by Crippen LogP contribution is -2.49. The Hall–Kier alpha value is -0.620. The highest BCUT2D eigenvalue weighted by Crippen LogP contribution is 2.13. The van der Waals surface area contributed by atoms with Crippen LogP contribution in [0.15, 0.2) is 0 Å². The SMILES string of the molecule is CC(O)CCC(=O)N1CCS(=O)(=O)CC1C. The molecular formula is C10H19NO4S. The third-order valence-electron chi connectivity index (χ3n) is 2.77. The van der Waals surface area contributed by atoms with Crippen molar-refractivity contribution >= 4 is 15.7 Å². The molecule has 1 fully saturated rings. The van der Waals surface area contributed by atoms with Gasteiger partial charge in [0, 0.05) is 19.0 Å². The minimum Gasteiger partial charge on any atom is -0.393 e. The highest BCUT2D eigenvalue weighted by atomic mass is 32.2. The first-order valence-electron chi connectivity index (χ1n) is 5.50. The first kappa shape index (κ1) is 13.4. The molecule has 1 heterocycles. The summed E-state index contributed by atoms with van der Waals surface area (Å²) in [4.78, 5) is 13.3. The molecule has 0 radical (unpaired) electrons. The van der Waals surface area contributed by atoms with Crippen LogP contribution in [0.5, 0.6) is 0 Å². The van der Waals surface area contributed by atoms with Crippen molar-refractivity contribution in [1.82, 2.24) is 4.90 Å². The molecule has 6 heteroatoms. The summed E-state index contributed by atoms with van der Waals surface area (Å²) < 4.78 is 22.6. The Bertz CT molecular complexity index is 350. The van der Waals surface area contributed by atoms with Crippen LogP contribution in [0.2, 0.25) is 0 Å².